The highest BCUT2D eigenvalue weighted by atomic mass is 35.5. The van der Waals surface area contributed by atoms with Gasteiger partial charge in [-0.1, -0.05) is 17.7 Å². The topological polar surface area (TPSA) is 82.7 Å². The molecule has 0 spiro atoms. The van der Waals surface area contributed by atoms with Crippen LogP contribution in [0.4, 0.5) is 4.79 Å². The van der Waals surface area contributed by atoms with Crippen LogP contribution < -0.4 is 5.32 Å². The Morgan fingerprint density at radius 2 is 1.97 bits per heavy atom. The Hall–Kier alpha value is -2.65. The number of hydrogen-bond donors (Lipinski definition) is 2. The number of pyridine rings is 1. The molecule has 4 aliphatic heterocycles. The molecule has 2 aromatic heterocycles. The maximum Gasteiger partial charge on any atom is 0.320 e. The Morgan fingerprint density at radius 3 is 2.78 bits per heavy atom. The van der Waals surface area contributed by atoms with Gasteiger partial charge in [-0.05, 0) is 53.6 Å². The summed E-state index contributed by atoms with van der Waals surface area (Å²) in [5, 5.41) is 5.22. The molecule has 0 saturated carbocycles. The predicted molar refractivity (Wildman–Crippen MR) is 137 cm³/mol. The number of rotatable bonds is 2. The van der Waals surface area contributed by atoms with Crippen LogP contribution in [0.5, 0.6) is 0 Å². The van der Waals surface area contributed by atoms with Gasteiger partial charge in [0, 0.05) is 56.1 Å². The van der Waals surface area contributed by atoms with Crippen LogP contribution in [0.2, 0.25) is 5.02 Å². The van der Waals surface area contributed by atoms with Crippen LogP contribution in [-0.2, 0) is 22.4 Å². The number of ether oxygens (including phenoxy) is 2. The summed E-state index contributed by atoms with van der Waals surface area (Å²) in [6.45, 7) is 4.91. The third kappa shape index (κ3) is 3.96. The molecule has 9 heteroatoms. The van der Waals surface area contributed by atoms with Gasteiger partial charge in [-0.15, -0.1) is 0 Å². The van der Waals surface area contributed by atoms with Gasteiger partial charge in [0.1, 0.15) is 5.65 Å². The summed E-state index contributed by atoms with van der Waals surface area (Å²) in [6.07, 6.45) is 7.02. The Balaban J connectivity index is 1.23. The second-order valence-electron chi connectivity index (χ2n) is 10.4. The van der Waals surface area contributed by atoms with Gasteiger partial charge >= 0.3 is 6.03 Å². The lowest BCUT2D eigenvalue weighted by Gasteiger charge is -2.39. The largest absolute Gasteiger partial charge is 0.378 e. The van der Waals surface area contributed by atoms with Crippen molar-refractivity contribution in [2.75, 3.05) is 39.4 Å². The van der Waals surface area contributed by atoms with Gasteiger partial charge in [-0.3, -0.25) is 0 Å². The van der Waals surface area contributed by atoms with Gasteiger partial charge in [0.15, 0.2) is 0 Å². The number of benzene rings is 1. The number of nitrogens with zero attached hydrogens (tertiary/aromatic N) is 3. The van der Waals surface area contributed by atoms with E-state index in [1.807, 2.05) is 16.0 Å². The number of morpholine rings is 2. The second kappa shape index (κ2) is 9.03. The quantitative estimate of drug-likeness (QED) is 0.550. The van der Waals surface area contributed by atoms with Crippen molar-refractivity contribution in [2.24, 2.45) is 0 Å². The molecule has 3 aromatic rings. The number of nitrogens with one attached hydrogen (secondary N) is 2. The number of halogens is 1. The van der Waals surface area contributed by atoms with Gasteiger partial charge in [0.05, 0.1) is 36.5 Å². The van der Waals surface area contributed by atoms with E-state index in [0.717, 1.165) is 61.1 Å². The summed E-state index contributed by atoms with van der Waals surface area (Å²) in [6, 6.07) is 6.85. The van der Waals surface area contributed by atoms with Gasteiger partial charge in [0.25, 0.3) is 0 Å². The van der Waals surface area contributed by atoms with E-state index in [4.69, 9.17) is 21.1 Å². The van der Waals surface area contributed by atoms with E-state index in [-0.39, 0.29) is 24.3 Å². The average Bonchev–Trinajstić information content (AvgIpc) is 3.47. The van der Waals surface area contributed by atoms with Crippen molar-refractivity contribution in [2.45, 2.75) is 44.1 Å². The maximum atomic E-state index is 13.5. The number of likely N-dealkylation sites (tertiary alicyclic amines) is 1. The SMILES string of the molecule is O=C(N1CCc2cc(-c3cnc4[nH]cc(Cl)c4c3)cc([C@@H]3COCCN3)c2C1)N1CC2CCC(C1)O2. The summed E-state index contributed by atoms with van der Waals surface area (Å²) in [5.74, 6) is 0. The van der Waals surface area contributed by atoms with Gasteiger partial charge < -0.3 is 29.6 Å². The fraction of sp³-hybridized carbons (Fsp3) is 0.481. The van der Waals surface area contributed by atoms with Crippen LogP contribution in [0.1, 0.15) is 35.6 Å². The number of carbonyl (C=O) groups is 1. The highest BCUT2D eigenvalue weighted by Crippen LogP contribution is 2.36. The first-order valence-electron chi connectivity index (χ1n) is 12.9. The van der Waals surface area contributed by atoms with Crippen LogP contribution in [0, 0.1) is 0 Å². The number of amides is 2. The van der Waals surface area contributed by atoms with Crippen LogP contribution in [0.25, 0.3) is 22.2 Å². The molecule has 2 unspecified atom stereocenters. The van der Waals surface area contributed by atoms with Crippen molar-refractivity contribution in [3.05, 3.63) is 52.3 Å². The van der Waals surface area contributed by atoms with Crippen molar-refractivity contribution in [1.82, 2.24) is 25.1 Å². The molecule has 36 heavy (non-hydrogen) atoms. The summed E-state index contributed by atoms with van der Waals surface area (Å²) in [7, 11) is 0. The Bertz CT molecular complexity index is 1310. The molecule has 3 saturated heterocycles. The van der Waals surface area contributed by atoms with E-state index in [1.165, 1.54) is 16.7 Å². The van der Waals surface area contributed by atoms with Crippen molar-refractivity contribution in [3.63, 3.8) is 0 Å². The number of aromatic nitrogens is 2. The minimum atomic E-state index is 0.0919. The minimum absolute atomic E-state index is 0.0919. The zero-order valence-electron chi connectivity index (χ0n) is 20.1. The molecule has 3 fully saturated rings. The molecule has 2 N–H and O–H groups in total. The van der Waals surface area contributed by atoms with Gasteiger partial charge in [0.2, 0.25) is 0 Å². The van der Waals surface area contributed by atoms with E-state index >= 15 is 0 Å². The van der Waals surface area contributed by atoms with Crippen LogP contribution in [0.15, 0.2) is 30.6 Å². The first kappa shape index (κ1) is 22.5. The van der Waals surface area contributed by atoms with E-state index < -0.39 is 0 Å². The smallest absolute Gasteiger partial charge is 0.320 e. The third-order valence-corrected chi connectivity index (χ3v) is 8.39. The average molecular weight is 508 g/mol. The van der Waals surface area contributed by atoms with E-state index in [2.05, 4.69) is 33.5 Å². The fourth-order valence-electron chi connectivity index (χ4n) is 6.20. The van der Waals surface area contributed by atoms with Crippen molar-refractivity contribution < 1.29 is 14.3 Å². The number of urea groups is 1. The predicted octanol–water partition coefficient (Wildman–Crippen LogP) is 3.89. The van der Waals surface area contributed by atoms with Crippen LogP contribution in [0.3, 0.4) is 0 Å². The lowest BCUT2D eigenvalue weighted by molar-refractivity contribution is -0.0291. The van der Waals surface area contributed by atoms with Crippen molar-refractivity contribution >= 4 is 28.7 Å². The molecule has 7 rings (SSSR count). The second-order valence-corrected chi connectivity index (χ2v) is 10.8. The highest BCUT2D eigenvalue weighted by molar-refractivity contribution is 6.35. The molecule has 188 valence electrons. The summed E-state index contributed by atoms with van der Waals surface area (Å²) in [5.41, 5.74) is 6.68. The zero-order valence-corrected chi connectivity index (χ0v) is 20.9. The van der Waals surface area contributed by atoms with Crippen LogP contribution >= 0.6 is 11.6 Å². The molecule has 8 nitrogen and oxygen atoms in total. The summed E-state index contributed by atoms with van der Waals surface area (Å²) in [4.78, 5) is 25.3. The first-order chi connectivity index (χ1) is 17.6. The normalized spacial score (nSPS) is 25.9. The molecule has 4 aliphatic rings. The van der Waals surface area contributed by atoms with E-state index in [0.29, 0.717) is 31.3 Å². The molecule has 1 aromatic carbocycles. The van der Waals surface area contributed by atoms with Crippen molar-refractivity contribution in [3.8, 4) is 11.1 Å². The first-order valence-corrected chi connectivity index (χ1v) is 13.3. The number of hydrogen-bond acceptors (Lipinski definition) is 5. The van der Waals surface area contributed by atoms with E-state index in [9.17, 15) is 4.79 Å². The molecule has 0 aliphatic carbocycles. The third-order valence-electron chi connectivity index (χ3n) is 8.07. The number of H-pyrrole nitrogens is 1. The van der Waals surface area contributed by atoms with Gasteiger partial charge in [-0.25, -0.2) is 9.78 Å². The lowest BCUT2D eigenvalue weighted by Crippen LogP contribution is -2.52. The minimum Gasteiger partial charge on any atom is -0.378 e. The van der Waals surface area contributed by atoms with E-state index in [1.54, 1.807) is 6.20 Å². The molecule has 2 amide bonds. The van der Waals surface area contributed by atoms with Crippen molar-refractivity contribution in [1.29, 1.82) is 0 Å². The highest BCUT2D eigenvalue weighted by Gasteiger charge is 2.38. The van der Waals surface area contributed by atoms with Crippen LogP contribution in [-0.4, -0.2) is 77.4 Å². The molecule has 0 radical (unpaired) electrons. The molecular weight excluding hydrogens is 478 g/mol. The summed E-state index contributed by atoms with van der Waals surface area (Å²) >= 11 is 6.38. The Labute approximate surface area is 214 Å². The number of fused-ring (bicyclic) bond motifs is 4. The molecule has 3 atom stereocenters. The van der Waals surface area contributed by atoms with Gasteiger partial charge in [-0.2, -0.15) is 0 Å². The number of aromatic amines is 1. The molecular formula is C27H30ClN5O3. The Kier molecular flexibility index (Phi) is 5.65. The molecule has 6 heterocycles. The fourth-order valence-corrected chi connectivity index (χ4v) is 6.40. The standard InChI is InChI=1S/C27H30ClN5O3/c28-24-11-31-26-22(24)9-18(10-30-26)17-7-16-3-5-32(27(34)33-12-19-1-2-20(13-33)36-19)14-23(16)21(8-17)25-15-35-6-4-29-25/h7-11,19-20,25,29H,1-6,12-15H2,(H,30,31)/t19?,20?,25-/m0/s1. The number of carbonyl (C=O) groups excluding carboxylic acids is 1. The monoisotopic (exact) mass is 507 g/mol. The summed E-state index contributed by atoms with van der Waals surface area (Å²) < 4.78 is 11.8. The lowest BCUT2D eigenvalue weighted by atomic mass is 9.87. The molecule has 2 bridgehead atoms. The maximum absolute atomic E-state index is 13.5. The zero-order chi connectivity index (χ0) is 24.2. The Morgan fingerprint density at radius 1 is 1.11 bits per heavy atom.